The van der Waals surface area contributed by atoms with Crippen molar-refractivity contribution in [2.24, 2.45) is 0 Å². The monoisotopic (exact) mass is 712 g/mol. The summed E-state index contributed by atoms with van der Waals surface area (Å²) in [5.74, 6) is 0. The average molecular weight is 713 g/mol. The number of para-hydroxylation sites is 1. The highest BCUT2D eigenvalue weighted by Gasteiger charge is 2.19. The van der Waals surface area contributed by atoms with E-state index in [4.69, 9.17) is 0 Å². The predicted molar refractivity (Wildman–Crippen MR) is 239 cm³/mol. The van der Waals surface area contributed by atoms with Crippen LogP contribution in [-0.2, 0) is 0 Å². The summed E-state index contributed by atoms with van der Waals surface area (Å²) >= 11 is 0. The highest BCUT2D eigenvalue weighted by atomic mass is 15.1. The molecule has 1 aromatic heterocycles. The molecule has 0 N–H and O–H groups in total. The summed E-state index contributed by atoms with van der Waals surface area (Å²) in [5.41, 5.74) is 11.7. The zero-order valence-corrected chi connectivity index (χ0v) is 30.7. The normalized spacial score (nSPS) is 11.6. The van der Waals surface area contributed by atoms with Crippen molar-refractivity contribution in [3.05, 3.63) is 218 Å². The van der Waals surface area contributed by atoms with Crippen molar-refractivity contribution in [1.29, 1.82) is 0 Å². The molecule has 0 saturated carbocycles. The first kappa shape index (κ1) is 32.0. The molecule has 0 saturated heterocycles. The molecule has 11 aromatic rings. The van der Waals surface area contributed by atoms with Gasteiger partial charge in [0.15, 0.2) is 0 Å². The summed E-state index contributed by atoms with van der Waals surface area (Å²) < 4.78 is 2.45. The number of fused-ring (bicyclic) bond motifs is 7. The number of hydrogen-bond acceptors (Lipinski definition) is 1. The number of hydrogen-bond donors (Lipinski definition) is 0. The first-order valence-corrected chi connectivity index (χ1v) is 19.3. The summed E-state index contributed by atoms with van der Waals surface area (Å²) in [4.78, 5) is 2.39. The Hall–Kier alpha value is -7.42. The molecule has 56 heavy (non-hydrogen) atoms. The van der Waals surface area contributed by atoms with Crippen LogP contribution in [0.3, 0.4) is 0 Å². The van der Waals surface area contributed by atoms with E-state index in [9.17, 15) is 0 Å². The van der Waals surface area contributed by atoms with E-state index in [-0.39, 0.29) is 0 Å². The number of nitrogens with zero attached hydrogens (tertiary/aromatic N) is 2. The Bertz CT molecular complexity index is 3100. The fourth-order valence-corrected chi connectivity index (χ4v) is 8.73. The van der Waals surface area contributed by atoms with Gasteiger partial charge in [0, 0.05) is 38.9 Å². The van der Waals surface area contributed by atoms with Crippen LogP contribution in [0.15, 0.2) is 218 Å². The van der Waals surface area contributed by atoms with Gasteiger partial charge < -0.3 is 9.47 Å². The number of benzene rings is 10. The van der Waals surface area contributed by atoms with Crippen molar-refractivity contribution in [3.63, 3.8) is 0 Å². The van der Waals surface area contributed by atoms with Crippen LogP contribution in [0.2, 0.25) is 0 Å². The standard InChI is InChI=1S/C54H36N2/c1-2-17-42(18-3-1)56-53-36-45(33-35-51(53)52-34-28-39-14-6-9-21-50(39)54(52)56)55(43-29-24-40(25-30-43)48-22-10-15-37-12-4-7-19-46(37)48)44-31-26-41(27-32-44)49-23-11-16-38-13-5-8-20-47(38)49/h1-36H. The molecule has 2 heteroatoms. The Morgan fingerprint density at radius 3 is 1.36 bits per heavy atom. The quantitative estimate of drug-likeness (QED) is 0.167. The zero-order chi connectivity index (χ0) is 37.0. The molecule has 1 heterocycles. The van der Waals surface area contributed by atoms with Gasteiger partial charge in [0.25, 0.3) is 0 Å². The van der Waals surface area contributed by atoms with E-state index >= 15 is 0 Å². The first-order valence-electron chi connectivity index (χ1n) is 19.3. The predicted octanol–water partition coefficient (Wildman–Crippen LogP) is 15.0. The topological polar surface area (TPSA) is 8.17 Å². The van der Waals surface area contributed by atoms with E-state index in [2.05, 4.69) is 228 Å². The van der Waals surface area contributed by atoms with Crippen LogP contribution in [0, 0.1) is 0 Å². The molecule has 10 aromatic carbocycles. The number of anilines is 3. The largest absolute Gasteiger partial charge is 0.310 e. The van der Waals surface area contributed by atoms with E-state index < -0.39 is 0 Å². The van der Waals surface area contributed by atoms with Crippen LogP contribution in [0.25, 0.3) is 82.1 Å². The number of rotatable bonds is 6. The lowest BCUT2D eigenvalue weighted by Crippen LogP contribution is -2.10. The Labute approximate surface area is 325 Å². The van der Waals surface area contributed by atoms with Crippen molar-refractivity contribution >= 4 is 71.2 Å². The van der Waals surface area contributed by atoms with Crippen LogP contribution >= 0.6 is 0 Å². The van der Waals surface area contributed by atoms with Gasteiger partial charge in [-0.3, -0.25) is 0 Å². The van der Waals surface area contributed by atoms with E-state index in [1.165, 1.54) is 76.4 Å². The van der Waals surface area contributed by atoms with Crippen molar-refractivity contribution < 1.29 is 0 Å². The Morgan fingerprint density at radius 2 is 0.768 bits per heavy atom. The highest BCUT2D eigenvalue weighted by molar-refractivity contribution is 6.19. The fourth-order valence-electron chi connectivity index (χ4n) is 8.73. The molecule has 0 fully saturated rings. The zero-order valence-electron chi connectivity index (χ0n) is 30.7. The minimum atomic E-state index is 1.10. The smallest absolute Gasteiger partial charge is 0.0619 e. The molecule has 0 amide bonds. The molecule has 0 aliphatic rings. The molecule has 0 aliphatic carbocycles. The summed E-state index contributed by atoms with van der Waals surface area (Å²) in [6.07, 6.45) is 0. The lowest BCUT2D eigenvalue weighted by atomic mass is 9.97. The SMILES string of the molecule is c1ccc(-n2c3cc(N(c4ccc(-c5cccc6ccccc56)cc4)c4ccc(-c5cccc6ccccc56)cc4)ccc3c3ccc4ccccc4c32)cc1. The van der Waals surface area contributed by atoms with Gasteiger partial charge in [0.2, 0.25) is 0 Å². The third kappa shape index (κ3) is 5.26. The van der Waals surface area contributed by atoms with Gasteiger partial charge >= 0.3 is 0 Å². The van der Waals surface area contributed by atoms with E-state index in [0.29, 0.717) is 0 Å². The van der Waals surface area contributed by atoms with Gasteiger partial charge in [-0.15, -0.1) is 0 Å². The minimum Gasteiger partial charge on any atom is -0.310 e. The molecule has 0 radical (unpaired) electrons. The average Bonchev–Trinajstić information content (AvgIpc) is 3.61. The molecule has 0 unspecified atom stereocenters. The van der Waals surface area contributed by atoms with E-state index in [1.807, 2.05) is 0 Å². The van der Waals surface area contributed by atoms with Crippen LogP contribution < -0.4 is 4.90 Å². The van der Waals surface area contributed by atoms with Gasteiger partial charge in [-0.2, -0.15) is 0 Å². The van der Waals surface area contributed by atoms with Gasteiger partial charge in [0.05, 0.1) is 11.0 Å². The maximum Gasteiger partial charge on any atom is 0.0619 e. The lowest BCUT2D eigenvalue weighted by Gasteiger charge is -2.26. The Kier molecular flexibility index (Phi) is 7.53. The second kappa shape index (κ2) is 13.2. The lowest BCUT2D eigenvalue weighted by molar-refractivity contribution is 1.18. The molecular weight excluding hydrogens is 677 g/mol. The fraction of sp³-hybridized carbons (Fsp3) is 0. The molecule has 11 rings (SSSR count). The van der Waals surface area contributed by atoms with Gasteiger partial charge in [-0.05, 0) is 97.7 Å². The maximum absolute atomic E-state index is 2.45. The molecule has 0 aliphatic heterocycles. The second-order valence-corrected chi connectivity index (χ2v) is 14.5. The summed E-state index contributed by atoms with van der Waals surface area (Å²) in [6.45, 7) is 0. The number of aromatic nitrogens is 1. The summed E-state index contributed by atoms with van der Waals surface area (Å²) in [5, 5.41) is 9.98. The first-order chi connectivity index (χ1) is 27.8. The highest BCUT2D eigenvalue weighted by Crippen LogP contribution is 2.43. The third-order valence-electron chi connectivity index (χ3n) is 11.4. The summed E-state index contributed by atoms with van der Waals surface area (Å²) in [6, 6.07) is 79.5. The Balaban J connectivity index is 1.11. The van der Waals surface area contributed by atoms with Crippen molar-refractivity contribution in [2.45, 2.75) is 0 Å². The molecular formula is C54H36N2. The Morgan fingerprint density at radius 1 is 0.304 bits per heavy atom. The molecule has 0 spiro atoms. The van der Waals surface area contributed by atoms with Crippen LogP contribution in [0.4, 0.5) is 17.1 Å². The molecule has 2 nitrogen and oxygen atoms in total. The van der Waals surface area contributed by atoms with Crippen molar-refractivity contribution in [3.8, 4) is 27.9 Å². The third-order valence-corrected chi connectivity index (χ3v) is 11.4. The van der Waals surface area contributed by atoms with E-state index in [1.54, 1.807) is 0 Å². The minimum absolute atomic E-state index is 1.10. The van der Waals surface area contributed by atoms with E-state index in [0.717, 1.165) is 22.7 Å². The second-order valence-electron chi connectivity index (χ2n) is 14.5. The molecule has 0 bridgehead atoms. The summed E-state index contributed by atoms with van der Waals surface area (Å²) in [7, 11) is 0. The van der Waals surface area contributed by atoms with Crippen LogP contribution in [0.1, 0.15) is 0 Å². The van der Waals surface area contributed by atoms with Crippen molar-refractivity contribution in [2.75, 3.05) is 4.90 Å². The van der Waals surface area contributed by atoms with Crippen molar-refractivity contribution in [1.82, 2.24) is 4.57 Å². The van der Waals surface area contributed by atoms with Crippen LogP contribution in [0.5, 0.6) is 0 Å². The maximum atomic E-state index is 2.45. The van der Waals surface area contributed by atoms with Gasteiger partial charge in [-0.1, -0.05) is 170 Å². The van der Waals surface area contributed by atoms with Gasteiger partial charge in [0.1, 0.15) is 0 Å². The van der Waals surface area contributed by atoms with Crippen LogP contribution in [-0.4, -0.2) is 4.57 Å². The molecule has 262 valence electrons. The van der Waals surface area contributed by atoms with Gasteiger partial charge in [-0.25, -0.2) is 0 Å². The molecule has 0 atom stereocenters.